The first-order valence-corrected chi connectivity index (χ1v) is 8.25. The first-order valence-electron chi connectivity index (χ1n) is 8.25. The maximum atomic E-state index is 11.7. The van der Waals surface area contributed by atoms with E-state index in [4.69, 9.17) is 14.2 Å². The van der Waals surface area contributed by atoms with Gasteiger partial charge >= 0.3 is 6.09 Å². The molecule has 0 N–H and O–H groups in total. The van der Waals surface area contributed by atoms with E-state index in [1.807, 2.05) is 12.1 Å². The molecule has 0 fully saturated rings. The summed E-state index contributed by atoms with van der Waals surface area (Å²) in [6.07, 6.45) is 8.33. The van der Waals surface area contributed by atoms with E-state index in [1.54, 1.807) is 26.2 Å². The molecule has 0 unspecified atom stereocenters. The van der Waals surface area contributed by atoms with E-state index < -0.39 is 0 Å². The molecule has 0 aliphatic heterocycles. The van der Waals surface area contributed by atoms with Crippen LogP contribution in [0.1, 0.15) is 31.2 Å². The normalized spacial score (nSPS) is 19.7. The Labute approximate surface area is 144 Å². The topological polar surface area (TPSA) is 48.0 Å². The standard InChI is InChI=1S/C19H27NO4/c1-20(18(21)24-4)13-12-19(10-6-5-7-11-19)15-8-9-16(22-2)17(14-15)23-3/h6,8-10,14H,5,7,11-13H2,1-4H3/t19-/m1/s1. The monoisotopic (exact) mass is 333 g/mol. The Balaban J connectivity index is 2.29. The third-order valence-corrected chi connectivity index (χ3v) is 4.77. The molecule has 0 radical (unpaired) electrons. The van der Waals surface area contributed by atoms with Crippen molar-refractivity contribution in [1.82, 2.24) is 4.90 Å². The zero-order chi connectivity index (χ0) is 17.6. The number of carbonyl (C=O) groups excluding carboxylic acids is 1. The highest BCUT2D eigenvalue weighted by Gasteiger charge is 2.32. The van der Waals surface area contributed by atoms with Crippen molar-refractivity contribution in [2.45, 2.75) is 31.1 Å². The molecular weight excluding hydrogens is 306 g/mol. The van der Waals surface area contributed by atoms with Crippen molar-refractivity contribution in [2.75, 3.05) is 34.9 Å². The highest BCUT2D eigenvalue weighted by Crippen LogP contribution is 2.41. The lowest BCUT2D eigenvalue weighted by Crippen LogP contribution is -2.34. The minimum absolute atomic E-state index is 0.0971. The molecule has 24 heavy (non-hydrogen) atoms. The van der Waals surface area contributed by atoms with Crippen molar-refractivity contribution < 1.29 is 19.0 Å². The summed E-state index contributed by atoms with van der Waals surface area (Å²) >= 11 is 0. The maximum Gasteiger partial charge on any atom is 0.409 e. The van der Waals surface area contributed by atoms with E-state index in [1.165, 1.54) is 12.7 Å². The number of rotatable bonds is 6. The molecule has 5 heteroatoms. The van der Waals surface area contributed by atoms with Gasteiger partial charge in [-0.2, -0.15) is 0 Å². The SMILES string of the molecule is COC(=O)N(C)CC[C@@]1(c2ccc(OC)c(OC)c2)C=CCCC1. The van der Waals surface area contributed by atoms with Gasteiger partial charge in [0.05, 0.1) is 21.3 Å². The van der Waals surface area contributed by atoms with Crippen molar-refractivity contribution in [3.63, 3.8) is 0 Å². The fourth-order valence-corrected chi connectivity index (χ4v) is 3.28. The summed E-state index contributed by atoms with van der Waals surface area (Å²) in [6, 6.07) is 6.09. The van der Waals surface area contributed by atoms with Crippen LogP contribution in [0.25, 0.3) is 0 Å². The summed E-state index contributed by atoms with van der Waals surface area (Å²) in [5.41, 5.74) is 1.09. The minimum atomic E-state index is -0.308. The zero-order valence-corrected chi connectivity index (χ0v) is 15.0. The van der Waals surface area contributed by atoms with Crippen LogP contribution in [0, 0.1) is 0 Å². The third-order valence-electron chi connectivity index (χ3n) is 4.77. The number of hydrogen-bond donors (Lipinski definition) is 0. The third kappa shape index (κ3) is 3.83. The van der Waals surface area contributed by atoms with Gasteiger partial charge in [0.25, 0.3) is 0 Å². The number of amides is 1. The zero-order valence-electron chi connectivity index (χ0n) is 15.0. The van der Waals surface area contributed by atoms with Crippen molar-refractivity contribution in [3.05, 3.63) is 35.9 Å². The van der Waals surface area contributed by atoms with Gasteiger partial charge in [0.2, 0.25) is 0 Å². The van der Waals surface area contributed by atoms with Gasteiger partial charge in [-0.3, -0.25) is 0 Å². The lowest BCUT2D eigenvalue weighted by molar-refractivity contribution is 0.130. The average molecular weight is 333 g/mol. The van der Waals surface area contributed by atoms with Crippen LogP contribution in [0.15, 0.2) is 30.4 Å². The second-order valence-electron chi connectivity index (χ2n) is 6.16. The molecular formula is C19H27NO4. The van der Waals surface area contributed by atoms with Gasteiger partial charge in [0, 0.05) is 19.0 Å². The molecule has 5 nitrogen and oxygen atoms in total. The number of allylic oxidation sites excluding steroid dienone is 2. The van der Waals surface area contributed by atoms with Crippen LogP contribution in [-0.2, 0) is 10.2 Å². The summed E-state index contributed by atoms with van der Waals surface area (Å²) in [7, 11) is 6.46. The van der Waals surface area contributed by atoms with Crippen molar-refractivity contribution in [3.8, 4) is 11.5 Å². The fraction of sp³-hybridized carbons (Fsp3) is 0.526. The summed E-state index contributed by atoms with van der Waals surface area (Å²) in [5.74, 6) is 1.46. The Hall–Kier alpha value is -2.17. The molecule has 0 spiro atoms. The minimum Gasteiger partial charge on any atom is -0.493 e. The van der Waals surface area contributed by atoms with E-state index in [-0.39, 0.29) is 11.5 Å². The molecule has 0 heterocycles. The second-order valence-corrected chi connectivity index (χ2v) is 6.16. The van der Waals surface area contributed by atoms with Gasteiger partial charge in [0.15, 0.2) is 11.5 Å². The van der Waals surface area contributed by atoms with E-state index in [9.17, 15) is 4.79 Å². The highest BCUT2D eigenvalue weighted by molar-refractivity contribution is 5.66. The molecule has 1 aliphatic rings. The number of nitrogens with zero attached hydrogens (tertiary/aromatic N) is 1. The van der Waals surface area contributed by atoms with E-state index >= 15 is 0 Å². The molecule has 1 aromatic rings. The van der Waals surface area contributed by atoms with Gasteiger partial charge in [-0.05, 0) is 43.4 Å². The molecule has 1 aromatic carbocycles. The maximum absolute atomic E-state index is 11.7. The Morgan fingerprint density at radius 1 is 1.21 bits per heavy atom. The highest BCUT2D eigenvalue weighted by atomic mass is 16.5. The summed E-state index contributed by atoms with van der Waals surface area (Å²) in [5, 5.41) is 0. The van der Waals surface area contributed by atoms with Crippen LogP contribution < -0.4 is 9.47 Å². The summed E-state index contributed by atoms with van der Waals surface area (Å²) in [4.78, 5) is 13.3. The van der Waals surface area contributed by atoms with Crippen LogP contribution in [0.5, 0.6) is 11.5 Å². The quantitative estimate of drug-likeness (QED) is 0.744. The van der Waals surface area contributed by atoms with Gasteiger partial charge in [-0.1, -0.05) is 18.2 Å². The van der Waals surface area contributed by atoms with Crippen LogP contribution >= 0.6 is 0 Å². The van der Waals surface area contributed by atoms with Gasteiger partial charge in [0.1, 0.15) is 0 Å². The first-order chi connectivity index (χ1) is 11.6. The summed E-state index contributed by atoms with van der Waals surface area (Å²) < 4.78 is 15.6. The predicted molar refractivity (Wildman–Crippen MR) is 93.9 cm³/mol. The van der Waals surface area contributed by atoms with Gasteiger partial charge < -0.3 is 19.1 Å². The molecule has 1 amide bonds. The number of benzene rings is 1. The molecule has 2 rings (SSSR count). The van der Waals surface area contributed by atoms with E-state index in [0.717, 1.165) is 37.2 Å². The van der Waals surface area contributed by atoms with Crippen molar-refractivity contribution in [1.29, 1.82) is 0 Å². The lowest BCUT2D eigenvalue weighted by atomic mass is 9.71. The molecule has 0 saturated carbocycles. The molecule has 0 saturated heterocycles. The fourth-order valence-electron chi connectivity index (χ4n) is 3.28. The molecule has 1 atom stereocenters. The molecule has 132 valence electrons. The largest absolute Gasteiger partial charge is 0.493 e. The first kappa shape index (κ1) is 18.2. The Morgan fingerprint density at radius 3 is 2.54 bits per heavy atom. The Bertz CT molecular complexity index is 599. The molecule has 0 aromatic heterocycles. The smallest absolute Gasteiger partial charge is 0.409 e. The van der Waals surface area contributed by atoms with Crippen LogP contribution in [-0.4, -0.2) is 45.9 Å². The Morgan fingerprint density at radius 2 is 1.96 bits per heavy atom. The summed E-state index contributed by atoms with van der Waals surface area (Å²) in [6.45, 7) is 0.630. The second kappa shape index (κ2) is 8.08. The van der Waals surface area contributed by atoms with Crippen LogP contribution in [0.2, 0.25) is 0 Å². The predicted octanol–water partition coefficient (Wildman–Crippen LogP) is 3.77. The number of ether oxygens (including phenoxy) is 3. The van der Waals surface area contributed by atoms with E-state index in [2.05, 4.69) is 18.2 Å². The van der Waals surface area contributed by atoms with Gasteiger partial charge in [-0.15, -0.1) is 0 Å². The Kier molecular flexibility index (Phi) is 6.12. The number of methoxy groups -OCH3 is 3. The van der Waals surface area contributed by atoms with Crippen molar-refractivity contribution in [2.24, 2.45) is 0 Å². The number of hydrogen-bond acceptors (Lipinski definition) is 4. The van der Waals surface area contributed by atoms with Crippen molar-refractivity contribution >= 4 is 6.09 Å². The van der Waals surface area contributed by atoms with Gasteiger partial charge in [-0.25, -0.2) is 4.79 Å². The molecule has 0 bridgehead atoms. The van der Waals surface area contributed by atoms with Crippen LogP contribution in [0.4, 0.5) is 4.79 Å². The average Bonchev–Trinajstić information content (AvgIpc) is 2.65. The molecule has 1 aliphatic carbocycles. The lowest BCUT2D eigenvalue weighted by Gasteiger charge is -2.35. The van der Waals surface area contributed by atoms with E-state index in [0.29, 0.717) is 6.54 Å². The number of carbonyl (C=O) groups is 1. The van der Waals surface area contributed by atoms with Crippen LogP contribution in [0.3, 0.4) is 0 Å².